The van der Waals surface area contributed by atoms with E-state index in [1.165, 1.54) is 0 Å². The molecule has 0 spiro atoms. The largest absolute Gasteiger partial charge is 0.393 e. The fourth-order valence-corrected chi connectivity index (χ4v) is 2.68. The topological polar surface area (TPSA) is 55.1 Å². The van der Waals surface area contributed by atoms with Gasteiger partial charge in [0.15, 0.2) is 0 Å². The van der Waals surface area contributed by atoms with Crippen molar-refractivity contribution in [3.63, 3.8) is 0 Å². The molecule has 0 heterocycles. The van der Waals surface area contributed by atoms with Crippen molar-refractivity contribution in [3.05, 3.63) is 42.5 Å². The third-order valence-electron chi connectivity index (χ3n) is 3.30. The zero-order chi connectivity index (χ0) is 14.7. The molecule has 3 nitrogen and oxygen atoms in total. The number of hydrogen-bond donors (Lipinski definition) is 2. The molecule has 2 aromatic rings. The lowest BCUT2D eigenvalue weighted by Gasteiger charge is -2.19. The lowest BCUT2D eigenvalue weighted by atomic mass is 9.94. The van der Waals surface area contributed by atoms with E-state index in [1.54, 1.807) is 0 Å². The Hall–Kier alpha value is -1.94. The van der Waals surface area contributed by atoms with E-state index in [9.17, 15) is 4.79 Å². The highest BCUT2D eigenvalue weighted by Crippen LogP contribution is 2.24. The summed E-state index contributed by atoms with van der Waals surface area (Å²) >= 11 is 5.00. The zero-order valence-electron chi connectivity index (χ0n) is 11.6. The lowest BCUT2D eigenvalue weighted by molar-refractivity contribution is -0.118. The van der Waals surface area contributed by atoms with Crippen molar-refractivity contribution in [2.75, 3.05) is 5.32 Å². The number of fused-ring (bicyclic) bond motifs is 1. The molecule has 2 aromatic carbocycles. The van der Waals surface area contributed by atoms with Gasteiger partial charge in [0.1, 0.15) is 0 Å². The molecular formula is C16H18N2OS. The van der Waals surface area contributed by atoms with Gasteiger partial charge in [0, 0.05) is 11.1 Å². The minimum Gasteiger partial charge on any atom is -0.393 e. The predicted octanol–water partition coefficient (Wildman–Crippen LogP) is 3.34. The van der Waals surface area contributed by atoms with E-state index in [-0.39, 0.29) is 16.8 Å². The highest BCUT2D eigenvalue weighted by atomic mass is 32.1. The van der Waals surface area contributed by atoms with Gasteiger partial charge in [-0.25, -0.2) is 0 Å². The minimum atomic E-state index is -0.455. The molecule has 0 aliphatic heterocycles. The molecule has 0 radical (unpaired) electrons. The second-order valence-electron chi connectivity index (χ2n) is 5.14. The minimum absolute atomic E-state index is 0.0717. The van der Waals surface area contributed by atoms with Gasteiger partial charge in [-0.1, -0.05) is 62.5 Å². The van der Waals surface area contributed by atoms with Crippen LogP contribution in [0.4, 0.5) is 5.69 Å². The summed E-state index contributed by atoms with van der Waals surface area (Å²) in [5.41, 5.74) is 6.46. The molecule has 2 rings (SSSR count). The number of hydrogen-bond acceptors (Lipinski definition) is 2. The average molecular weight is 286 g/mol. The Morgan fingerprint density at radius 3 is 2.45 bits per heavy atom. The number of amides is 1. The normalized spacial score (nSPS) is 12.3. The van der Waals surface area contributed by atoms with Crippen molar-refractivity contribution in [2.24, 2.45) is 17.6 Å². The van der Waals surface area contributed by atoms with Crippen molar-refractivity contribution < 1.29 is 4.79 Å². The van der Waals surface area contributed by atoms with E-state index in [2.05, 4.69) is 5.32 Å². The van der Waals surface area contributed by atoms with E-state index in [0.29, 0.717) is 0 Å². The Bertz CT molecular complexity index is 646. The van der Waals surface area contributed by atoms with Gasteiger partial charge < -0.3 is 11.1 Å². The first kappa shape index (κ1) is 14.5. The third-order valence-corrected chi connectivity index (χ3v) is 3.56. The van der Waals surface area contributed by atoms with Gasteiger partial charge in [0.25, 0.3) is 0 Å². The number of nitrogens with two attached hydrogens (primary N) is 1. The molecule has 1 unspecified atom stereocenters. The van der Waals surface area contributed by atoms with E-state index >= 15 is 0 Å². The summed E-state index contributed by atoms with van der Waals surface area (Å²) in [5.74, 6) is -0.532. The van der Waals surface area contributed by atoms with Crippen LogP contribution in [-0.4, -0.2) is 10.9 Å². The van der Waals surface area contributed by atoms with Crippen molar-refractivity contribution in [1.82, 2.24) is 0 Å². The summed E-state index contributed by atoms with van der Waals surface area (Å²) in [6.45, 7) is 3.87. The summed E-state index contributed by atoms with van der Waals surface area (Å²) in [6.07, 6.45) is 0. The third kappa shape index (κ3) is 2.96. The van der Waals surface area contributed by atoms with Gasteiger partial charge in [-0.15, -0.1) is 0 Å². The maximum absolute atomic E-state index is 12.4. The molecule has 3 N–H and O–H groups in total. The van der Waals surface area contributed by atoms with Crippen LogP contribution >= 0.6 is 12.2 Å². The molecule has 1 amide bonds. The zero-order valence-corrected chi connectivity index (χ0v) is 12.4. The van der Waals surface area contributed by atoms with E-state index in [4.69, 9.17) is 18.0 Å². The summed E-state index contributed by atoms with van der Waals surface area (Å²) < 4.78 is 0. The van der Waals surface area contributed by atoms with E-state index in [0.717, 1.165) is 16.5 Å². The van der Waals surface area contributed by atoms with Crippen molar-refractivity contribution in [2.45, 2.75) is 13.8 Å². The molecule has 20 heavy (non-hydrogen) atoms. The molecule has 104 valence electrons. The molecule has 0 bridgehead atoms. The quantitative estimate of drug-likeness (QED) is 0.848. The molecule has 0 aliphatic carbocycles. The number of nitrogens with one attached hydrogen (secondary N) is 1. The first-order valence-corrected chi connectivity index (χ1v) is 6.99. The summed E-state index contributed by atoms with van der Waals surface area (Å²) in [7, 11) is 0. The summed E-state index contributed by atoms with van der Waals surface area (Å²) in [4.78, 5) is 12.6. The Balaban J connectivity index is 2.32. The maximum atomic E-state index is 12.4. The number of thiocarbonyl (C=S) groups is 1. The van der Waals surface area contributed by atoms with Gasteiger partial charge >= 0.3 is 0 Å². The Morgan fingerprint density at radius 1 is 1.15 bits per heavy atom. The van der Waals surface area contributed by atoms with Gasteiger partial charge in [0.2, 0.25) is 5.91 Å². The van der Waals surface area contributed by atoms with Gasteiger partial charge in [0.05, 0.1) is 10.9 Å². The monoisotopic (exact) mass is 286 g/mol. The predicted molar refractivity (Wildman–Crippen MR) is 87.7 cm³/mol. The first-order valence-electron chi connectivity index (χ1n) is 6.58. The second-order valence-corrected chi connectivity index (χ2v) is 5.61. The SMILES string of the molecule is CC(C)C(C(=O)Nc1cccc2ccccc12)C(N)=S. The molecule has 0 aromatic heterocycles. The van der Waals surface area contributed by atoms with E-state index < -0.39 is 5.92 Å². The van der Waals surface area contributed by atoms with E-state index in [1.807, 2.05) is 56.3 Å². The lowest BCUT2D eigenvalue weighted by Crippen LogP contribution is -2.36. The summed E-state index contributed by atoms with van der Waals surface area (Å²) in [6, 6.07) is 13.7. The van der Waals surface area contributed by atoms with Crippen molar-refractivity contribution in [3.8, 4) is 0 Å². The molecule has 0 aliphatic rings. The standard InChI is InChI=1S/C16H18N2OS/c1-10(2)14(15(17)20)16(19)18-13-9-5-7-11-6-3-4-8-12(11)13/h3-10,14H,1-2H3,(H2,17,20)(H,18,19). The molecule has 1 atom stereocenters. The van der Waals surface area contributed by atoms with Gasteiger partial charge in [-0.05, 0) is 17.4 Å². The van der Waals surface area contributed by atoms with Crippen LogP contribution in [0.25, 0.3) is 10.8 Å². The van der Waals surface area contributed by atoms with Crippen LogP contribution in [0.3, 0.4) is 0 Å². The van der Waals surface area contributed by atoms with Crippen molar-refractivity contribution >= 4 is 39.6 Å². The molecule has 4 heteroatoms. The van der Waals surface area contributed by atoms with Crippen LogP contribution in [0.2, 0.25) is 0 Å². The number of anilines is 1. The van der Waals surface area contributed by atoms with Gasteiger partial charge in [-0.3, -0.25) is 4.79 Å². The molecule has 0 saturated heterocycles. The highest BCUT2D eigenvalue weighted by molar-refractivity contribution is 7.80. The molecular weight excluding hydrogens is 268 g/mol. The van der Waals surface area contributed by atoms with Crippen LogP contribution in [0.1, 0.15) is 13.8 Å². The Kier molecular flexibility index (Phi) is 4.35. The van der Waals surface area contributed by atoms with Crippen LogP contribution in [0.5, 0.6) is 0 Å². The smallest absolute Gasteiger partial charge is 0.234 e. The average Bonchev–Trinajstić information content (AvgIpc) is 2.38. The second kappa shape index (κ2) is 6.01. The van der Waals surface area contributed by atoms with Crippen LogP contribution in [0.15, 0.2) is 42.5 Å². The van der Waals surface area contributed by atoms with Crippen LogP contribution < -0.4 is 11.1 Å². The Labute approximate surface area is 124 Å². The Morgan fingerprint density at radius 2 is 1.80 bits per heavy atom. The maximum Gasteiger partial charge on any atom is 0.234 e. The van der Waals surface area contributed by atoms with Crippen LogP contribution in [0, 0.1) is 11.8 Å². The number of carbonyl (C=O) groups excluding carboxylic acids is 1. The fraction of sp³-hybridized carbons (Fsp3) is 0.250. The van der Waals surface area contributed by atoms with Crippen molar-refractivity contribution in [1.29, 1.82) is 0 Å². The van der Waals surface area contributed by atoms with Crippen LogP contribution in [-0.2, 0) is 4.79 Å². The highest BCUT2D eigenvalue weighted by Gasteiger charge is 2.25. The number of rotatable bonds is 4. The summed E-state index contributed by atoms with van der Waals surface area (Å²) in [5, 5.41) is 5.03. The number of carbonyl (C=O) groups is 1. The number of benzene rings is 2. The first-order chi connectivity index (χ1) is 9.50. The molecule has 0 fully saturated rings. The van der Waals surface area contributed by atoms with Gasteiger partial charge in [-0.2, -0.15) is 0 Å². The molecule has 0 saturated carbocycles. The fourth-order valence-electron chi connectivity index (χ4n) is 2.31.